The molecule has 1 aliphatic carbocycles. The van der Waals surface area contributed by atoms with Crippen LogP contribution in [0, 0.1) is 5.41 Å². The number of likely N-dealkylation sites (tertiary alicyclic amines) is 1. The Labute approximate surface area is 119 Å². The van der Waals surface area contributed by atoms with Crippen molar-refractivity contribution in [1.29, 1.82) is 0 Å². The summed E-state index contributed by atoms with van der Waals surface area (Å²) in [6, 6.07) is 0. The Morgan fingerprint density at radius 1 is 1.25 bits per heavy atom. The van der Waals surface area contributed by atoms with Gasteiger partial charge in [0.1, 0.15) is 11.5 Å². The number of methoxy groups -OCH3 is 3. The lowest BCUT2D eigenvalue weighted by molar-refractivity contribution is -0.123. The van der Waals surface area contributed by atoms with E-state index in [-0.39, 0.29) is 5.91 Å². The fraction of sp³-hybridized carbons (Fsp3) is 0.533. The maximum absolute atomic E-state index is 12.5. The van der Waals surface area contributed by atoms with E-state index in [0.29, 0.717) is 24.3 Å². The van der Waals surface area contributed by atoms with Gasteiger partial charge in [0.15, 0.2) is 0 Å². The van der Waals surface area contributed by atoms with Crippen molar-refractivity contribution in [3.05, 3.63) is 35.0 Å². The van der Waals surface area contributed by atoms with Gasteiger partial charge in [0, 0.05) is 20.0 Å². The van der Waals surface area contributed by atoms with Crippen LogP contribution in [-0.4, -0.2) is 45.7 Å². The smallest absolute Gasteiger partial charge is 0.254 e. The average Bonchev–Trinajstić information content (AvgIpc) is 2.69. The quantitative estimate of drug-likeness (QED) is 0.584. The van der Waals surface area contributed by atoms with Crippen molar-refractivity contribution < 1.29 is 19.0 Å². The van der Waals surface area contributed by atoms with Crippen LogP contribution in [0.4, 0.5) is 0 Å². The van der Waals surface area contributed by atoms with Gasteiger partial charge in [-0.15, -0.1) is 0 Å². The summed E-state index contributed by atoms with van der Waals surface area (Å²) in [6.45, 7) is 2.37. The molecular formula is C15H21NO4. The van der Waals surface area contributed by atoms with Crippen LogP contribution in [-0.2, 0) is 19.0 Å². The van der Waals surface area contributed by atoms with Gasteiger partial charge < -0.3 is 19.1 Å². The lowest BCUT2D eigenvalue weighted by Gasteiger charge is -2.34. The number of likely N-dealkylation sites (N-methyl/N-ethyl adjacent to an activating group) is 1. The summed E-state index contributed by atoms with van der Waals surface area (Å²) in [4.78, 5) is 14.2. The standard InChI is InChI=1S/C15H21NO4/c1-10(18-3)13-14(17)16(2)9-15(13)8-11(19-4)6-7-12(15)20-5/h6-7H,8-9H2,1-5H3/b13-10+/t15-/m1/s1. The van der Waals surface area contributed by atoms with Gasteiger partial charge in [-0.05, 0) is 19.1 Å². The number of nitrogens with zero attached hydrogens (tertiary/aromatic N) is 1. The third-order valence-electron chi connectivity index (χ3n) is 4.05. The van der Waals surface area contributed by atoms with E-state index in [4.69, 9.17) is 14.2 Å². The Balaban J connectivity index is 2.60. The number of carbonyl (C=O) groups is 1. The lowest BCUT2D eigenvalue weighted by atomic mass is 9.74. The van der Waals surface area contributed by atoms with Crippen LogP contribution in [0.3, 0.4) is 0 Å². The zero-order valence-electron chi connectivity index (χ0n) is 12.6. The SMILES string of the molecule is COC1=CC=C(OC)[C@@]2(C1)CN(C)C(=O)/C2=C(/C)OC. The van der Waals surface area contributed by atoms with Crippen LogP contribution in [0.2, 0.25) is 0 Å². The largest absolute Gasteiger partial charge is 0.501 e. The minimum Gasteiger partial charge on any atom is -0.501 e. The summed E-state index contributed by atoms with van der Waals surface area (Å²) in [7, 11) is 6.63. The predicted molar refractivity (Wildman–Crippen MR) is 74.6 cm³/mol. The molecule has 1 aliphatic heterocycles. The molecule has 0 aromatic carbocycles. The van der Waals surface area contributed by atoms with E-state index in [1.807, 2.05) is 19.1 Å². The van der Waals surface area contributed by atoms with Crippen molar-refractivity contribution in [2.24, 2.45) is 5.41 Å². The first-order chi connectivity index (χ1) is 9.50. The molecule has 1 amide bonds. The first kappa shape index (κ1) is 14.5. The molecule has 0 aromatic rings. The van der Waals surface area contributed by atoms with Gasteiger partial charge in [-0.3, -0.25) is 4.79 Å². The summed E-state index contributed by atoms with van der Waals surface area (Å²) >= 11 is 0. The molecule has 1 fully saturated rings. The van der Waals surface area contributed by atoms with E-state index in [9.17, 15) is 4.79 Å². The van der Waals surface area contributed by atoms with Crippen molar-refractivity contribution in [3.63, 3.8) is 0 Å². The van der Waals surface area contributed by atoms with Gasteiger partial charge in [0.2, 0.25) is 0 Å². The molecule has 0 radical (unpaired) electrons. The first-order valence-corrected chi connectivity index (χ1v) is 6.50. The third kappa shape index (κ3) is 1.97. The van der Waals surface area contributed by atoms with Gasteiger partial charge in [-0.25, -0.2) is 0 Å². The topological polar surface area (TPSA) is 48.0 Å². The number of hydrogen-bond acceptors (Lipinski definition) is 4. The summed E-state index contributed by atoms with van der Waals surface area (Å²) in [5.41, 5.74) is 0.124. The van der Waals surface area contributed by atoms with Crippen LogP contribution >= 0.6 is 0 Å². The zero-order valence-corrected chi connectivity index (χ0v) is 12.6. The van der Waals surface area contributed by atoms with Gasteiger partial charge in [0.05, 0.1) is 38.1 Å². The van der Waals surface area contributed by atoms with Gasteiger partial charge >= 0.3 is 0 Å². The molecule has 5 heteroatoms. The van der Waals surface area contributed by atoms with E-state index >= 15 is 0 Å². The van der Waals surface area contributed by atoms with Crippen LogP contribution in [0.25, 0.3) is 0 Å². The fourth-order valence-corrected chi connectivity index (χ4v) is 3.06. The highest BCUT2D eigenvalue weighted by Gasteiger charge is 2.53. The van der Waals surface area contributed by atoms with Crippen LogP contribution in [0.1, 0.15) is 13.3 Å². The maximum Gasteiger partial charge on any atom is 0.254 e. The van der Waals surface area contributed by atoms with Crippen LogP contribution in [0.15, 0.2) is 35.0 Å². The molecular weight excluding hydrogens is 258 g/mol. The zero-order chi connectivity index (χ0) is 14.9. The summed E-state index contributed by atoms with van der Waals surface area (Å²) in [5.74, 6) is 2.20. The van der Waals surface area contributed by atoms with Gasteiger partial charge in [-0.2, -0.15) is 0 Å². The van der Waals surface area contributed by atoms with Crippen molar-refractivity contribution in [1.82, 2.24) is 4.90 Å². The molecule has 0 bridgehead atoms. The number of allylic oxidation sites excluding steroid dienone is 4. The molecule has 2 rings (SSSR count). The van der Waals surface area contributed by atoms with Crippen LogP contribution < -0.4 is 0 Å². The molecule has 1 saturated heterocycles. The summed E-state index contributed by atoms with van der Waals surface area (Å²) in [5, 5.41) is 0. The van der Waals surface area contributed by atoms with E-state index in [2.05, 4.69) is 0 Å². The molecule has 0 N–H and O–H groups in total. The maximum atomic E-state index is 12.5. The van der Waals surface area contributed by atoms with Crippen molar-refractivity contribution >= 4 is 5.91 Å². The van der Waals surface area contributed by atoms with E-state index in [1.54, 1.807) is 33.3 Å². The van der Waals surface area contributed by atoms with Crippen LogP contribution in [0.5, 0.6) is 0 Å². The number of amides is 1. The molecule has 0 saturated carbocycles. The van der Waals surface area contributed by atoms with Crippen molar-refractivity contribution in [3.8, 4) is 0 Å². The fourth-order valence-electron chi connectivity index (χ4n) is 3.06. The number of carbonyl (C=O) groups excluding carboxylic acids is 1. The summed E-state index contributed by atoms with van der Waals surface area (Å²) < 4.78 is 16.2. The molecule has 0 unspecified atom stereocenters. The highest BCUT2D eigenvalue weighted by atomic mass is 16.5. The monoisotopic (exact) mass is 279 g/mol. The third-order valence-corrected chi connectivity index (χ3v) is 4.05. The van der Waals surface area contributed by atoms with Gasteiger partial charge in [0.25, 0.3) is 5.91 Å². The minimum absolute atomic E-state index is 0.0235. The Kier molecular flexibility index (Phi) is 3.79. The number of rotatable bonds is 3. The first-order valence-electron chi connectivity index (χ1n) is 6.50. The Hall–Kier alpha value is -1.91. The van der Waals surface area contributed by atoms with E-state index in [1.165, 1.54) is 0 Å². The normalized spacial score (nSPS) is 28.2. The Bertz CT molecular complexity index is 518. The molecule has 1 atom stereocenters. The molecule has 110 valence electrons. The molecule has 1 spiro atoms. The lowest BCUT2D eigenvalue weighted by Crippen LogP contribution is -2.32. The molecule has 0 aromatic heterocycles. The Morgan fingerprint density at radius 3 is 2.50 bits per heavy atom. The van der Waals surface area contributed by atoms with Crippen molar-refractivity contribution in [2.45, 2.75) is 13.3 Å². The molecule has 20 heavy (non-hydrogen) atoms. The number of hydrogen-bond donors (Lipinski definition) is 0. The highest BCUT2D eigenvalue weighted by Crippen LogP contribution is 2.50. The minimum atomic E-state index is -0.527. The highest BCUT2D eigenvalue weighted by molar-refractivity contribution is 5.98. The second-order valence-electron chi connectivity index (χ2n) is 5.13. The van der Waals surface area contributed by atoms with Gasteiger partial charge in [-0.1, -0.05) is 0 Å². The Morgan fingerprint density at radius 2 is 1.95 bits per heavy atom. The average molecular weight is 279 g/mol. The van der Waals surface area contributed by atoms with E-state index in [0.717, 1.165) is 11.5 Å². The summed E-state index contributed by atoms with van der Waals surface area (Å²) in [6.07, 6.45) is 4.35. The molecule has 5 nitrogen and oxygen atoms in total. The molecule has 1 heterocycles. The predicted octanol–water partition coefficient (Wildman–Crippen LogP) is 1.83. The van der Waals surface area contributed by atoms with E-state index < -0.39 is 5.41 Å². The van der Waals surface area contributed by atoms with Crippen molar-refractivity contribution in [2.75, 3.05) is 34.9 Å². The second-order valence-corrected chi connectivity index (χ2v) is 5.13. The number of ether oxygens (including phenoxy) is 3. The second kappa shape index (κ2) is 5.23. The molecule has 2 aliphatic rings.